The largest absolute Gasteiger partial charge is 1.00 e. The van der Waals surface area contributed by atoms with E-state index in [1.54, 1.807) is 0 Å². The molecule has 6 heteroatoms. The molecular formula is C30H62ClNO4. The summed E-state index contributed by atoms with van der Waals surface area (Å²) >= 11 is 0. The predicted octanol–water partition coefficient (Wildman–Crippen LogP) is 3.90. The minimum Gasteiger partial charge on any atom is -1.00 e. The summed E-state index contributed by atoms with van der Waals surface area (Å²) in [6, 6.07) is 0. The van der Waals surface area contributed by atoms with Crippen LogP contribution in [-0.2, 0) is 14.2 Å². The number of nitrogens with zero attached hydrogens (tertiary/aromatic N) is 1. The van der Waals surface area contributed by atoms with Crippen molar-refractivity contribution in [1.29, 1.82) is 0 Å². The molecule has 0 radical (unpaired) electrons. The third kappa shape index (κ3) is 23.2. The topological polar surface area (TPSA) is 47.9 Å². The Labute approximate surface area is 231 Å². The molecule has 1 aliphatic rings. The van der Waals surface area contributed by atoms with Crippen LogP contribution in [0, 0.1) is 0 Å². The van der Waals surface area contributed by atoms with Gasteiger partial charge in [0.15, 0.2) is 0 Å². The Morgan fingerprint density at radius 3 is 1.50 bits per heavy atom. The Kier molecular flexibility index (Phi) is 26.8. The highest BCUT2D eigenvalue weighted by atomic mass is 35.5. The predicted molar refractivity (Wildman–Crippen MR) is 148 cm³/mol. The maximum Gasteiger partial charge on any atom is 0.102 e. The summed E-state index contributed by atoms with van der Waals surface area (Å²) in [6.07, 6.45) is 24.2. The van der Waals surface area contributed by atoms with Crippen LogP contribution in [0.2, 0.25) is 0 Å². The highest BCUT2D eigenvalue weighted by Gasteiger charge is 2.25. The molecule has 1 rings (SSSR count). The SMILES string of the molecule is CCCCCCCCCCCCCCCCCCOCC(O)COCCOCC[N+]1(C)CCCC1.[Cl-]. The molecule has 1 heterocycles. The van der Waals surface area contributed by atoms with Gasteiger partial charge in [0, 0.05) is 19.4 Å². The van der Waals surface area contributed by atoms with Crippen LogP contribution in [-0.4, -0.2) is 82.0 Å². The Morgan fingerprint density at radius 1 is 0.583 bits per heavy atom. The lowest BCUT2D eigenvalue weighted by molar-refractivity contribution is -0.898. The summed E-state index contributed by atoms with van der Waals surface area (Å²) in [5.74, 6) is 0. The smallest absolute Gasteiger partial charge is 0.102 e. The molecule has 1 unspecified atom stereocenters. The number of halogens is 1. The van der Waals surface area contributed by atoms with E-state index in [0.29, 0.717) is 26.4 Å². The third-order valence-electron chi connectivity index (χ3n) is 7.56. The highest BCUT2D eigenvalue weighted by molar-refractivity contribution is 4.54. The molecule has 0 saturated carbocycles. The number of aliphatic hydroxyl groups is 1. The molecule has 1 atom stereocenters. The van der Waals surface area contributed by atoms with Crippen molar-refractivity contribution in [2.45, 2.75) is 129 Å². The van der Waals surface area contributed by atoms with Crippen molar-refractivity contribution in [2.24, 2.45) is 0 Å². The van der Waals surface area contributed by atoms with Crippen LogP contribution < -0.4 is 12.4 Å². The summed E-state index contributed by atoms with van der Waals surface area (Å²) in [7, 11) is 2.32. The number of rotatable bonds is 27. The number of ether oxygens (including phenoxy) is 3. The molecule has 0 spiro atoms. The molecule has 36 heavy (non-hydrogen) atoms. The van der Waals surface area contributed by atoms with E-state index < -0.39 is 6.10 Å². The Hall–Kier alpha value is 0.0900. The second kappa shape index (κ2) is 26.7. The van der Waals surface area contributed by atoms with Gasteiger partial charge in [-0.1, -0.05) is 103 Å². The molecule has 0 aliphatic carbocycles. The first-order valence-corrected chi connectivity index (χ1v) is 15.4. The van der Waals surface area contributed by atoms with Gasteiger partial charge in [0.25, 0.3) is 0 Å². The van der Waals surface area contributed by atoms with Crippen LogP contribution >= 0.6 is 0 Å². The van der Waals surface area contributed by atoms with Crippen molar-refractivity contribution in [3.63, 3.8) is 0 Å². The third-order valence-corrected chi connectivity index (χ3v) is 7.56. The summed E-state index contributed by atoms with van der Waals surface area (Å²) in [5.41, 5.74) is 0. The van der Waals surface area contributed by atoms with Crippen LogP contribution in [0.1, 0.15) is 122 Å². The first kappa shape index (κ1) is 36.1. The van der Waals surface area contributed by atoms with Gasteiger partial charge in [0.1, 0.15) is 12.6 Å². The van der Waals surface area contributed by atoms with Gasteiger partial charge in [0.2, 0.25) is 0 Å². The van der Waals surface area contributed by atoms with Crippen molar-refractivity contribution < 1.29 is 36.2 Å². The fraction of sp³-hybridized carbons (Fsp3) is 1.00. The van der Waals surface area contributed by atoms with Gasteiger partial charge in [-0.05, 0) is 6.42 Å². The van der Waals surface area contributed by atoms with Crippen LogP contribution in [0.5, 0.6) is 0 Å². The number of likely N-dealkylation sites (tertiary alicyclic amines) is 1. The first-order valence-electron chi connectivity index (χ1n) is 15.4. The molecule has 0 aromatic heterocycles. The van der Waals surface area contributed by atoms with E-state index in [1.807, 2.05) is 0 Å². The lowest BCUT2D eigenvalue weighted by atomic mass is 10.0. The average molecular weight is 536 g/mol. The second-order valence-corrected chi connectivity index (χ2v) is 11.2. The van der Waals surface area contributed by atoms with Gasteiger partial charge in [-0.25, -0.2) is 0 Å². The highest BCUT2D eigenvalue weighted by Crippen LogP contribution is 2.15. The molecule has 0 aromatic carbocycles. The monoisotopic (exact) mass is 535 g/mol. The standard InChI is InChI=1S/C30H62NO4.ClH/c1-3-4-5-6-7-8-9-10-11-12-13-14-15-16-17-20-24-34-28-30(32)29-35-27-26-33-25-23-31(2)21-18-19-22-31;/h30,32H,3-29H2,1-2H3;1H/q+1;/p-1. The first-order chi connectivity index (χ1) is 17.2. The molecule has 1 aliphatic heterocycles. The van der Waals surface area contributed by atoms with Crippen molar-refractivity contribution in [3.8, 4) is 0 Å². The Balaban J connectivity index is 0.0000122. The van der Waals surface area contributed by atoms with Gasteiger partial charge in [-0.3, -0.25) is 0 Å². The van der Waals surface area contributed by atoms with Crippen molar-refractivity contribution in [3.05, 3.63) is 0 Å². The van der Waals surface area contributed by atoms with Crippen molar-refractivity contribution in [2.75, 3.05) is 66.3 Å². The number of hydrogen-bond acceptors (Lipinski definition) is 4. The minimum atomic E-state index is -0.537. The van der Waals surface area contributed by atoms with E-state index in [0.717, 1.165) is 30.7 Å². The van der Waals surface area contributed by atoms with Gasteiger partial charge in [0.05, 0.1) is 53.2 Å². The molecule has 0 amide bonds. The Bertz CT molecular complexity index is 435. The average Bonchev–Trinajstić information content (AvgIpc) is 3.29. The molecule has 1 fully saturated rings. The zero-order chi connectivity index (χ0) is 25.3. The van der Waals surface area contributed by atoms with Gasteiger partial charge < -0.3 is 36.2 Å². The van der Waals surface area contributed by atoms with E-state index in [-0.39, 0.29) is 12.4 Å². The molecule has 0 bridgehead atoms. The van der Waals surface area contributed by atoms with E-state index in [1.165, 1.54) is 122 Å². The number of hydrogen-bond donors (Lipinski definition) is 1. The maximum absolute atomic E-state index is 9.97. The summed E-state index contributed by atoms with van der Waals surface area (Å²) < 4.78 is 18.0. The van der Waals surface area contributed by atoms with Crippen LogP contribution in [0.3, 0.4) is 0 Å². The number of likely N-dealkylation sites (N-methyl/N-ethyl adjacent to an activating group) is 1. The zero-order valence-electron chi connectivity index (χ0n) is 24.2. The fourth-order valence-electron chi connectivity index (χ4n) is 5.07. The summed E-state index contributed by atoms with van der Waals surface area (Å²) in [5, 5.41) is 9.97. The number of aliphatic hydroxyl groups excluding tert-OH is 1. The lowest BCUT2D eigenvalue weighted by Crippen LogP contribution is -3.00. The second-order valence-electron chi connectivity index (χ2n) is 11.2. The van der Waals surface area contributed by atoms with Gasteiger partial charge in [-0.2, -0.15) is 0 Å². The molecule has 0 aromatic rings. The molecule has 1 N–H and O–H groups in total. The van der Waals surface area contributed by atoms with E-state index >= 15 is 0 Å². The zero-order valence-corrected chi connectivity index (χ0v) is 24.9. The lowest BCUT2D eigenvalue weighted by Gasteiger charge is -2.28. The van der Waals surface area contributed by atoms with E-state index in [4.69, 9.17) is 14.2 Å². The number of quaternary nitrogens is 1. The molecular weight excluding hydrogens is 474 g/mol. The quantitative estimate of drug-likeness (QED) is 0.128. The maximum atomic E-state index is 9.97. The van der Waals surface area contributed by atoms with E-state index in [9.17, 15) is 5.11 Å². The van der Waals surface area contributed by atoms with Crippen LogP contribution in [0.25, 0.3) is 0 Å². The minimum absolute atomic E-state index is 0. The number of unbranched alkanes of at least 4 members (excludes halogenated alkanes) is 15. The van der Waals surface area contributed by atoms with Crippen LogP contribution in [0.15, 0.2) is 0 Å². The summed E-state index contributed by atoms with van der Waals surface area (Å²) in [6.45, 7) is 9.33. The summed E-state index contributed by atoms with van der Waals surface area (Å²) in [4.78, 5) is 0. The normalized spacial score (nSPS) is 15.8. The van der Waals surface area contributed by atoms with Crippen LogP contribution in [0.4, 0.5) is 0 Å². The van der Waals surface area contributed by atoms with Crippen molar-refractivity contribution in [1.82, 2.24) is 0 Å². The molecule has 218 valence electrons. The van der Waals surface area contributed by atoms with Crippen molar-refractivity contribution >= 4 is 0 Å². The van der Waals surface area contributed by atoms with Gasteiger partial charge in [-0.15, -0.1) is 0 Å². The molecule has 5 nitrogen and oxygen atoms in total. The van der Waals surface area contributed by atoms with E-state index in [2.05, 4.69) is 14.0 Å². The Morgan fingerprint density at radius 2 is 1.00 bits per heavy atom. The fourth-order valence-corrected chi connectivity index (χ4v) is 5.07. The molecule has 1 saturated heterocycles. The van der Waals surface area contributed by atoms with Gasteiger partial charge >= 0.3 is 0 Å².